The summed E-state index contributed by atoms with van der Waals surface area (Å²) < 4.78 is 37.2. The summed E-state index contributed by atoms with van der Waals surface area (Å²) in [6.07, 6.45) is 15.2. The number of thioether (sulfide) groups is 1. The summed E-state index contributed by atoms with van der Waals surface area (Å²) in [6.45, 7) is 9.86. The molecule has 0 N–H and O–H groups in total. The van der Waals surface area contributed by atoms with Crippen LogP contribution in [0, 0.1) is 25.7 Å². The van der Waals surface area contributed by atoms with Crippen molar-refractivity contribution in [3.63, 3.8) is 0 Å². The van der Waals surface area contributed by atoms with Crippen LogP contribution in [0.4, 0.5) is 13.2 Å². The first-order valence-electron chi connectivity index (χ1n) is 9.12. The van der Waals surface area contributed by atoms with Gasteiger partial charge < -0.3 is 0 Å². The summed E-state index contributed by atoms with van der Waals surface area (Å²) in [5, 5.41) is 0. The van der Waals surface area contributed by atoms with E-state index in [1.54, 1.807) is 12.1 Å². The topological polar surface area (TPSA) is 0 Å². The highest BCUT2D eigenvalue weighted by Gasteiger charge is 2.29. The van der Waals surface area contributed by atoms with E-state index in [0.29, 0.717) is 4.90 Å². The number of alkyl halides is 3. The normalized spacial score (nSPS) is 13.5. The standard InChI is InChI=1S/C15H19F3S.2C2H6.C2H2/c1-11-8-13(7-6-12-4-2-3-5-12)10-14(9-11)19-15(16,17)18;3*1-2/h8-10,12H,2-7H2,1H3;2*1-2H3;1-2H. The first-order chi connectivity index (χ1) is 11.9. The smallest absolute Gasteiger partial charge is 0.160 e. The number of hydrogen-bond acceptors (Lipinski definition) is 1. The SMILES string of the molecule is C#C.CC.CC.Cc1cc(CCC2CCCC2)cc(SC(F)(F)F)c1. The van der Waals surface area contributed by atoms with Gasteiger partial charge in [0.05, 0.1) is 0 Å². The number of aryl methyl sites for hydroxylation is 2. The van der Waals surface area contributed by atoms with Crippen molar-refractivity contribution >= 4 is 11.8 Å². The van der Waals surface area contributed by atoms with Crippen LogP contribution in [-0.2, 0) is 6.42 Å². The molecule has 0 spiro atoms. The fourth-order valence-corrected chi connectivity index (χ4v) is 3.55. The maximum absolute atomic E-state index is 12.4. The minimum Gasteiger partial charge on any atom is -0.160 e. The average Bonchev–Trinajstić information content (AvgIpc) is 3.10. The molecule has 0 aromatic heterocycles. The van der Waals surface area contributed by atoms with Gasteiger partial charge in [-0.2, -0.15) is 13.2 Å². The highest BCUT2D eigenvalue weighted by molar-refractivity contribution is 8.00. The zero-order valence-corrected chi connectivity index (χ0v) is 17.1. The molecule has 1 saturated carbocycles. The maximum atomic E-state index is 12.4. The van der Waals surface area contributed by atoms with E-state index in [9.17, 15) is 13.2 Å². The van der Waals surface area contributed by atoms with Gasteiger partial charge in [0, 0.05) is 4.90 Å². The molecule has 0 nitrogen and oxygen atoms in total. The van der Waals surface area contributed by atoms with Crippen LogP contribution in [0.2, 0.25) is 0 Å². The van der Waals surface area contributed by atoms with Crippen LogP contribution in [0.5, 0.6) is 0 Å². The number of terminal acetylenes is 1. The molecule has 0 aliphatic heterocycles. The molecule has 1 aliphatic rings. The Balaban J connectivity index is 0. The van der Waals surface area contributed by atoms with Crippen molar-refractivity contribution < 1.29 is 13.2 Å². The predicted molar refractivity (Wildman–Crippen MR) is 106 cm³/mol. The second-order valence-corrected chi connectivity index (χ2v) is 6.53. The lowest BCUT2D eigenvalue weighted by molar-refractivity contribution is -0.0328. The van der Waals surface area contributed by atoms with Gasteiger partial charge in [0.1, 0.15) is 0 Å². The Hall–Kier alpha value is -1.08. The van der Waals surface area contributed by atoms with Crippen LogP contribution in [0.15, 0.2) is 23.1 Å². The third-order valence-electron chi connectivity index (χ3n) is 3.66. The summed E-state index contributed by atoms with van der Waals surface area (Å²) in [7, 11) is 0. The van der Waals surface area contributed by atoms with Crippen molar-refractivity contribution in [2.75, 3.05) is 0 Å². The van der Waals surface area contributed by atoms with Crippen LogP contribution in [-0.4, -0.2) is 5.51 Å². The Kier molecular flexibility index (Phi) is 15.9. The van der Waals surface area contributed by atoms with Gasteiger partial charge in [-0.05, 0) is 60.7 Å². The zero-order chi connectivity index (χ0) is 19.9. The first-order valence-corrected chi connectivity index (χ1v) is 9.94. The lowest BCUT2D eigenvalue weighted by atomic mass is 9.97. The average molecular weight is 375 g/mol. The van der Waals surface area contributed by atoms with Crippen LogP contribution >= 0.6 is 11.8 Å². The molecule has 144 valence electrons. The molecule has 4 heteroatoms. The Morgan fingerprint density at radius 3 is 2.00 bits per heavy atom. The van der Waals surface area contributed by atoms with Crippen molar-refractivity contribution in [2.24, 2.45) is 5.92 Å². The van der Waals surface area contributed by atoms with Crippen LogP contribution in [0.25, 0.3) is 0 Å². The van der Waals surface area contributed by atoms with Gasteiger partial charge in [0.15, 0.2) is 0 Å². The molecule has 2 rings (SSSR count). The van der Waals surface area contributed by atoms with Crippen LogP contribution < -0.4 is 0 Å². The largest absolute Gasteiger partial charge is 0.446 e. The Morgan fingerprint density at radius 1 is 1.00 bits per heavy atom. The zero-order valence-electron chi connectivity index (χ0n) is 16.2. The Morgan fingerprint density at radius 2 is 1.52 bits per heavy atom. The molecule has 0 unspecified atom stereocenters. The van der Waals surface area contributed by atoms with Crippen molar-refractivity contribution in [1.82, 2.24) is 0 Å². The van der Waals surface area contributed by atoms with Crippen molar-refractivity contribution in [3.05, 3.63) is 29.3 Å². The van der Waals surface area contributed by atoms with E-state index in [4.69, 9.17) is 0 Å². The van der Waals surface area contributed by atoms with E-state index in [1.165, 1.54) is 25.7 Å². The minimum absolute atomic E-state index is 0.0128. The molecule has 1 aromatic rings. The predicted octanol–water partition coefficient (Wildman–Crippen LogP) is 8.03. The molecule has 1 fully saturated rings. The highest BCUT2D eigenvalue weighted by Crippen LogP contribution is 2.38. The molecule has 1 aliphatic carbocycles. The fraction of sp³-hybridized carbons (Fsp3) is 0.619. The van der Waals surface area contributed by atoms with E-state index in [1.807, 2.05) is 40.7 Å². The van der Waals surface area contributed by atoms with Gasteiger partial charge in [-0.15, -0.1) is 12.8 Å². The minimum atomic E-state index is -4.20. The van der Waals surface area contributed by atoms with E-state index in [0.717, 1.165) is 29.9 Å². The third-order valence-corrected chi connectivity index (χ3v) is 4.36. The molecular formula is C21H33F3S. The summed E-state index contributed by atoms with van der Waals surface area (Å²) in [5.41, 5.74) is -2.24. The van der Waals surface area contributed by atoms with E-state index >= 15 is 0 Å². The molecular weight excluding hydrogens is 341 g/mol. The second kappa shape index (κ2) is 15.2. The van der Waals surface area contributed by atoms with Crippen LogP contribution in [0.3, 0.4) is 0 Å². The summed E-state index contributed by atoms with van der Waals surface area (Å²) in [6, 6.07) is 5.31. The highest BCUT2D eigenvalue weighted by atomic mass is 32.2. The molecule has 0 bridgehead atoms. The number of rotatable bonds is 4. The van der Waals surface area contributed by atoms with Gasteiger partial charge in [0.25, 0.3) is 0 Å². The second-order valence-electron chi connectivity index (χ2n) is 5.39. The number of benzene rings is 1. The molecule has 0 heterocycles. The van der Waals surface area contributed by atoms with Gasteiger partial charge in [-0.25, -0.2) is 0 Å². The van der Waals surface area contributed by atoms with Gasteiger partial charge in [-0.3, -0.25) is 0 Å². The Bertz CT molecular complexity index is 458. The van der Waals surface area contributed by atoms with Gasteiger partial charge in [0.2, 0.25) is 0 Å². The fourth-order valence-electron chi connectivity index (χ4n) is 2.83. The molecule has 0 amide bonds. The molecule has 0 atom stereocenters. The Labute approximate surface area is 157 Å². The monoisotopic (exact) mass is 374 g/mol. The summed E-state index contributed by atoms with van der Waals surface area (Å²) in [4.78, 5) is 0.314. The van der Waals surface area contributed by atoms with Crippen molar-refractivity contribution in [3.8, 4) is 12.8 Å². The lowest BCUT2D eigenvalue weighted by Crippen LogP contribution is -2.00. The van der Waals surface area contributed by atoms with E-state index in [2.05, 4.69) is 12.8 Å². The van der Waals surface area contributed by atoms with Gasteiger partial charge >= 0.3 is 5.51 Å². The maximum Gasteiger partial charge on any atom is 0.446 e. The molecule has 0 saturated heterocycles. The van der Waals surface area contributed by atoms with Gasteiger partial charge in [-0.1, -0.05) is 59.4 Å². The van der Waals surface area contributed by atoms with E-state index < -0.39 is 5.51 Å². The molecule has 0 radical (unpaired) electrons. The lowest BCUT2D eigenvalue weighted by Gasteiger charge is -2.11. The summed E-state index contributed by atoms with van der Waals surface area (Å²) in [5.74, 6) is 0.777. The number of halogens is 3. The quantitative estimate of drug-likeness (QED) is 0.379. The van der Waals surface area contributed by atoms with Crippen LogP contribution in [0.1, 0.15) is 70.9 Å². The third kappa shape index (κ3) is 12.9. The molecule has 25 heavy (non-hydrogen) atoms. The molecule has 1 aromatic carbocycles. The first kappa shape index (κ1) is 26.2. The van der Waals surface area contributed by atoms with Crippen molar-refractivity contribution in [2.45, 2.75) is 83.5 Å². The van der Waals surface area contributed by atoms with E-state index in [-0.39, 0.29) is 11.8 Å². The summed E-state index contributed by atoms with van der Waals surface area (Å²) >= 11 is -0.0128. The number of hydrogen-bond donors (Lipinski definition) is 0. The van der Waals surface area contributed by atoms with Crippen molar-refractivity contribution in [1.29, 1.82) is 0 Å².